The van der Waals surface area contributed by atoms with Crippen LogP contribution >= 0.6 is 11.8 Å². The molecule has 0 radical (unpaired) electrons. The Kier molecular flexibility index (Phi) is 3.75. The lowest BCUT2D eigenvalue weighted by molar-refractivity contribution is 1.11. The predicted molar refractivity (Wildman–Crippen MR) is 78.3 cm³/mol. The number of benzene rings is 2. The minimum Gasteiger partial charge on any atom is -0.398 e. The fourth-order valence-electron chi connectivity index (χ4n) is 1.63. The first kappa shape index (κ1) is 12.1. The van der Waals surface area contributed by atoms with Crippen molar-refractivity contribution in [1.29, 1.82) is 0 Å². The lowest BCUT2D eigenvalue weighted by atomic mass is 10.1. The Morgan fingerprint density at radius 3 is 2.76 bits per heavy atom. The van der Waals surface area contributed by atoms with E-state index >= 15 is 0 Å². The molecule has 1 nitrogen and oxygen atoms in total. The highest BCUT2D eigenvalue weighted by Crippen LogP contribution is 2.34. The van der Waals surface area contributed by atoms with Crippen LogP contribution in [0.5, 0.6) is 0 Å². The first-order chi connectivity index (χ1) is 8.22. The molecule has 0 aliphatic carbocycles. The molecule has 2 N–H and O–H groups in total. The van der Waals surface area contributed by atoms with Gasteiger partial charge in [0.25, 0.3) is 0 Å². The number of allylic oxidation sites excluding steroid dienone is 1. The molecule has 0 fully saturated rings. The molecule has 0 saturated carbocycles. The molecule has 0 spiro atoms. The summed E-state index contributed by atoms with van der Waals surface area (Å²) < 4.78 is 0. The Morgan fingerprint density at radius 2 is 2.00 bits per heavy atom. The fraction of sp³-hybridized carbons (Fsp3) is 0.200. The van der Waals surface area contributed by atoms with Gasteiger partial charge >= 0.3 is 0 Å². The van der Waals surface area contributed by atoms with Gasteiger partial charge in [0, 0.05) is 10.6 Å². The van der Waals surface area contributed by atoms with E-state index in [4.69, 9.17) is 5.73 Å². The van der Waals surface area contributed by atoms with Crippen LogP contribution in [0.4, 0.5) is 5.69 Å². The van der Waals surface area contributed by atoms with Gasteiger partial charge in [0.15, 0.2) is 0 Å². The lowest BCUT2D eigenvalue weighted by Gasteiger charge is -2.07. The Bertz CT molecular complexity index is 558. The number of thioether (sulfide) groups is 1. The lowest BCUT2D eigenvalue weighted by Crippen LogP contribution is -1.88. The first-order valence-electron chi connectivity index (χ1n) is 5.82. The summed E-state index contributed by atoms with van der Waals surface area (Å²) in [6, 6.07) is 12.4. The van der Waals surface area contributed by atoms with Crippen molar-refractivity contribution in [3.63, 3.8) is 0 Å². The van der Waals surface area contributed by atoms with Gasteiger partial charge in [0.2, 0.25) is 0 Å². The van der Waals surface area contributed by atoms with E-state index in [-0.39, 0.29) is 0 Å². The topological polar surface area (TPSA) is 26.0 Å². The van der Waals surface area contributed by atoms with Gasteiger partial charge in [-0.1, -0.05) is 54.6 Å². The summed E-state index contributed by atoms with van der Waals surface area (Å²) in [7, 11) is 0. The molecule has 88 valence electrons. The van der Waals surface area contributed by atoms with Crippen LogP contribution in [-0.4, -0.2) is 0 Å². The SMILES string of the molecule is CC/C(C)=C/Sc1c(N)ccc2ccccc12. The third kappa shape index (κ3) is 2.64. The van der Waals surface area contributed by atoms with Gasteiger partial charge in [-0.05, 0) is 35.6 Å². The summed E-state index contributed by atoms with van der Waals surface area (Å²) >= 11 is 1.72. The number of nitrogen functional groups attached to an aromatic ring is 1. The van der Waals surface area contributed by atoms with Crippen molar-refractivity contribution < 1.29 is 0 Å². The van der Waals surface area contributed by atoms with Crippen molar-refractivity contribution in [2.75, 3.05) is 5.73 Å². The average Bonchev–Trinajstić information content (AvgIpc) is 2.37. The van der Waals surface area contributed by atoms with Crippen LogP contribution in [0.25, 0.3) is 10.8 Å². The number of rotatable bonds is 3. The van der Waals surface area contributed by atoms with Crippen LogP contribution in [0, 0.1) is 0 Å². The molecule has 0 aliphatic rings. The Labute approximate surface area is 107 Å². The standard InChI is InChI=1S/C15H17NS/c1-3-11(2)10-17-15-13-7-5-4-6-12(13)8-9-14(15)16/h4-10H,3,16H2,1-2H3/b11-10+. The van der Waals surface area contributed by atoms with E-state index in [9.17, 15) is 0 Å². The van der Waals surface area contributed by atoms with E-state index < -0.39 is 0 Å². The van der Waals surface area contributed by atoms with Crippen LogP contribution in [0.1, 0.15) is 20.3 Å². The van der Waals surface area contributed by atoms with Gasteiger partial charge in [0.05, 0.1) is 0 Å². The smallest absolute Gasteiger partial charge is 0.0462 e. The molecule has 2 heteroatoms. The maximum Gasteiger partial charge on any atom is 0.0462 e. The fourth-order valence-corrected chi connectivity index (χ4v) is 2.64. The quantitative estimate of drug-likeness (QED) is 0.617. The van der Waals surface area contributed by atoms with Crippen molar-refractivity contribution in [3.8, 4) is 0 Å². The zero-order valence-electron chi connectivity index (χ0n) is 10.2. The highest BCUT2D eigenvalue weighted by atomic mass is 32.2. The van der Waals surface area contributed by atoms with Crippen LogP contribution in [0.3, 0.4) is 0 Å². The van der Waals surface area contributed by atoms with Crippen molar-refractivity contribution >= 4 is 28.2 Å². The zero-order chi connectivity index (χ0) is 12.3. The van der Waals surface area contributed by atoms with E-state index in [1.807, 2.05) is 6.07 Å². The predicted octanol–water partition coefficient (Wildman–Crippen LogP) is 4.83. The van der Waals surface area contributed by atoms with Gasteiger partial charge in [0.1, 0.15) is 0 Å². The van der Waals surface area contributed by atoms with Crippen molar-refractivity contribution in [2.45, 2.75) is 25.2 Å². The van der Waals surface area contributed by atoms with Crippen LogP contribution in [0.15, 0.2) is 52.3 Å². The van der Waals surface area contributed by atoms with E-state index in [0.29, 0.717) is 0 Å². The summed E-state index contributed by atoms with van der Waals surface area (Å²) in [6.07, 6.45) is 1.08. The van der Waals surface area contributed by atoms with Gasteiger partial charge in [-0.2, -0.15) is 0 Å². The first-order valence-corrected chi connectivity index (χ1v) is 6.70. The number of hydrogen-bond donors (Lipinski definition) is 1. The summed E-state index contributed by atoms with van der Waals surface area (Å²) in [5.74, 6) is 0. The van der Waals surface area contributed by atoms with Crippen molar-refractivity contribution in [3.05, 3.63) is 47.4 Å². The molecule has 2 rings (SSSR count). The van der Waals surface area contributed by atoms with E-state index in [1.165, 1.54) is 16.3 Å². The van der Waals surface area contributed by atoms with Crippen molar-refractivity contribution in [1.82, 2.24) is 0 Å². The van der Waals surface area contributed by atoms with Crippen LogP contribution in [0.2, 0.25) is 0 Å². The number of nitrogens with two attached hydrogens (primary N) is 1. The monoisotopic (exact) mass is 243 g/mol. The molecule has 0 aromatic heterocycles. The maximum atomic E-state index is 6.06. The summed E-state index contributed by atoms with van der Waals surface area (Å²) in [6.45, 7) is 4.31. The number of anilines is 1. The largest absolute Gasteiger partial charge is 0.398 e. The molecular weight excluding hydrogens is 226 g/mol. The second kappa shape index (κ2) is 5.28. The van der Waals surface area contributed by atoms with Crippen LogP contribution < -0.4 is 5.73 Å². The minimum absolute atomic E-state index is 0.855. The summed E-state index contributed by atoms with van der Waals surface area (Å²) in [5.41, 5.74) is 8.30. The molecule has 0 atom stereocenters. The molecule has 0 heterocycles. The summed E-state index contributed by atoms with van der Waals surface area (Å²) in [5, 5.41) is 4.67. The number of fused-ring (bicyclic) bond motifs is 1. The highest BCUT2D eigenvalue weighted by Gasteiger charge is 2.04. The molecule has 0 unspecified atom stereocenters. The molecule has 17 heavy (non-hydrogen) atoms. The molecule has 0 aliphatic heterocycles. The van der Waals surface area contributed by atoms with E-state index in [0.717, 1.165) is 17.0 Å². The van der Waals surface area contributed by atoms with Gasteiger partial charge in [-0.25, -0.2) is 0 Å². The third-order valence-electron chi connectivity index (χ3n) is 2.85. The molecule has 2 aromatic carbocycles. The Morgan fingerprint density at radius 1 is 1.24 bits per heavy atom. The van der Waals surface area contributed by atoms with Crippen molar-refractivity contribution in [2.24, 2.45) is 0 Å². The molecule has 0 bridgehead atoms. The maximum absolute atomic E-state index is 6.06. The summed E-state index contributed by atoms with van der Waals surface area (Å²) in [4.78, 5) is 1.16. The zero-order valence-corrected chi connectivity index (χ0v) is 11.1. The second-order valence-corrected chi connectivity index (χ2v) is 5.02. The number of hydrogen-bond acceptors (Lipinski definition) is 2. The second-order valence-electron chi connectivity index (χ2n) is 4.14. The van der Waals surface area contributed by atoms with Gasteiger partial charge < -0.3 is 5.73 Å². The third-order valence-corrected chi connectivity index (χ3v) is 4.06. The highest BCUT2D eigenvalue weighted by molar-refractivity contribution is 8.02. The molecular formula is C15H17NS. The minimum atomic E-state index is 0.855. The normalized spacial score (nSPS) is 12.0. The van der Waals surface area contributed by atoms with Crippen LogP contribution in [-0.2, 0) is 0 Å². The van der Waals surface area contributed by atoms with E-state index in [1.54, 1.807) is 11.8 Å². The van der Waals surface area contributed by atoms with E-state index in [2.05, 4.69) is 49.6 Å². The Hall–Kier alpha value is -1.41. The molecule has 2 aromatic rings. The molecule has 0 amide bonds. The molecule has 0 saturated heterocycles. The van der Waals surface area contributed by atoms with Gasteiger partial charge in [-0.15, -0.1) is 0 Å². The Balaban J connectivity index is 2.48. The van der Waals surface area contributed by atoms with Gasteiger partial charge in [-0.3, -0.25) is 0 Å². The average molecular weight is 243 g/mol.